The number of hydrogen-bond acceptors (Lipinski definition) is 10. The van der Waals surface area contributed by atoms with E-state index in [0.717, 1.165) is 0 Å². The molecule has 2 aromatic heterocycles. The second-order valence-corrected chi connectivity index (χ2v) is 15.7. The lowest BCUT2D eigenvalue weighted by Crippen LogP contribution is -2.63. The van der Waals surface area contributed by atoms with Gasteiger partial charge >= 0.3 is 6.09 Å². The Morgan fingerprint density at radius 1 is 1.00 bits per heavy atom. The molecule has 0 radical (unpaired) electrons. The molecule has 6 rings (SSSR count). The molecule has 4 aromatic rings. The number of nitrogen functional groups attached to an aromatic ring is 1. The Labute approximate surface area is 315 Å². The van der Waals surface area contributed by atoms with E-state index in [0.29, 0.717) is 55.0 Å². The van der Waals surface area contributed by atoms with Crippen LogP contribution in [0.3, 0.4) is 0 Å². The molecule has 2 fully saturated rings. The first-order chi connectivity index (χ1) is 25.6. The summed E-state index contributed by atoms with van der Waals surface area (Å²) < 4.78 is 28.9. The standard InChI is InChI=1S/C40H48FN9O4/c1-25-21-48(22-26(2)49(25)38(52)54-39(3,4)5)40(6,7)19-27(20-42)37(51)47-17-11-12-28(23-47)50-36-33(35(43)44-24-45-36)34(46-50)31-16-15-30(18-32(31)41)53-29-13-9-8-10-14-29/h8-10,13-16,18-19,24-26,28H,11-12,17,21-23H2,1-7H3,(H2,43,44,45)/t25-,26+,28?. The van der Waals surface area contributed by atoms with E-state index in [1.165, 1.54) is 12.4 Å². The van der Waals surface area contributed by atoms with Crippen molar-refractivity contribution in [1.82, 2.24) is 34.4 Å². The summed E-state index contributed by atoms with van der Waals surface area (Å²) in [5.41, 5.74) is 6.01. The number of nitrogens with zero attached hydrogens (tertiary/aromatic N) is 8. The van der Waals surface area contributed by atoms with Gasteiger partial charge in [0.15, 0.2) is 5.65 Å². The number of para-hydroxylation sites is 1. The highest BCUT2D eigenvalue weighted by molar-refractivity contribution is 5.99. The number of piperidine rings is 1. The normalized spacial score (nSPS) is 20.1. The van der Waals surface area contributed by atoms with Crippen molar-refractivity contribution in [1.29, 1.82) is 5.26 Å². The summed E-state index contributed by atoms with van der Waals surface area (Å²) >= 11 is 0. The Morgan fingerprint density at radius 3 is 2.35 bits per heavy atom. The summed E-state index contributed by atoms with van der Waals surface area (Å²) in [6.45, 7) is 15.2. The van der Waals surface area contributed by atoms with Gasteiger partial charge in [-0.2, -0.15) is 10.4 Å². The number of ether oxygens (including phenoxy) is 2. The first-order valence-electron chi connectivity index (χ1n) is 18.3. The van der Waals surface area contributed by atoms with Crippen LogP contribution in [0.15, 0.2) is 66.5 Å². The topological polar surface area (TPSA) is 156 Å². The Balaban J connectivity index is 1.22. The SMILES string of the molecule is C[C@@H]1CN(C(C)(C)C=C(C#N)C(=O)N2CCCC(n3nc(-c4ccc(Oc5ccccc5)cc4F)c4c(N)ncnc43)C2)C[C@H](C)N1C(=O)OC(C)(C)C. The number of aromatic nitrogens is 4. The molecule has 3 atom stereocenters. The van der Waals surface area contributed by atoms with E-state index in [4.69, 9.17) is 20.3 Å². The average Bonchev–Trinajstić information content (AvgIpc) is 3.50. The maximum atomic E-state index is 15.7. The fourth-order valence-corrected chi connectivity index (χ4v) is 7.38. The number of nitriles is 1. The number of benzene rings is 2. The van der Waals surface area contributed by atoms with Gasteiger partial charge in [-0.15, -0.1) is 0 Å². The largest absolute Gasteiger partial charge is 0.457 e. The van der Waals surface area contributed by atoms with Gasteiger partial charge in [0, 0.05) is 55.4 Å². The van der Waals surface area contributed by atoms with Crippen molar-refractivity contribution in [3.63, 3.8) is 0 Å². The molecule has 14 heteroatoms. The van der Waals surface area contributed by atoms with Crippen molar-refractivity contribution in [2.75, 3.05) is 31.9 Å². The van der Waals surface area contributed by atoms with Crippen molar-refractivity contribution < 1.29 is 23.5 Å². The van der Waals surface area contributed by atoms with Gasteiger partial charge in [0.1, 0.15) is 52.4 Å². The first kappa shape index (κ1) is 38.2. The lowest BCUT2D eigenvalue weighted by atomic mass is 9.94. The lowest BCUT2D eigenvalue weighted by Gasteiger charge is -2.49. The summed E-state index contributed by atoms with van der Waals surface area (Å²) in [6.07, 6.45) is 4.03. The van der Waals surface area contributed by atoms with E-state index in [9.17, 15) is 14.9 Å². The number of carbonyl (C=O) groups excluding carboxylic acids is 2. The predicted molar refractivity (Wildman–Crippen MR) is 203 cm³/mol. The van der Waals surface area contributed by atoms with Gasteiger partial charge in [0.05, 0.1) is 11.4 Å². The van der Waals surface area contributed by atoms with E-state index in [2.05, 4.69) is 20.9 Å². The molecule has 0 aliphatic carbocycles. The number of nitrogens with two attached hydrogens (primary N) is 1. The third kappa shape index (κ3) is 8.01. The van der Waals surface area contributed by atoms with Gasteiger partial charge in [0.25, 0.3) is 5.91 Å². The van der Waals surface area contributed by atoms with Gasteiger partial charge in [-0.3, -0.25) is 9.69 Å². The molecule has 54 heavy (non-hydrogen) atoms. The van der Waals surface area contributed by atoms with Crippen LogP contribution in [0.1, 0.15) is 67.3 Å². The molecular formula is C40H48FN9O4. The van der Waals surface area contributed by atoms with E-state index in [1.807, 2.05) is 66.7 Å². The Hall–Kier alpha value is -5.55. The molecule has 2 aliphatic rings. The number of piperazine rings is 1. The van der Waals surface area contributed by atoms with E-state index in [-0.39, 0.29) is 59.3 Å². The third-order valence-corrected chi connectivity index (χ3v) is 9.91. The Bertz CT molecular complexity index is 2090. The molecule has 4 heterocycles. The van der Waals surface area contributed by atoms with Gasteiger partial charge in [0.2, 0.25) is 0 Å². The molecule has 2 aliphatic heterocycles. The molecule has 0 bridgehead atoms. The fraction of sp³-hybridized carbons (Fsp3) is 0.450. The number of likely N-dealkylation sites (tertiary alicyclic amines) is 1. The average molecular weight is 738 g/mol. The molecule has 2 N–H and O–H groups in total. The quantitative estimate of drug-likeness (QED) is 0.159. The third-order valence-electron chi connectivity index (χ3n) is 9.91. The molecule has 2 amide bonds. The van der Waals surface area contributed by atoms with Crippen LogP contribution in [0.5, 0.6) is 11.5 Å². The minimum atomic E-state index is -0.675. The van der Waals surface area contributed by atoms with Crippen LogP contribution in [0.2, 0.25) is 0 Å². The van der Waals surface area contributed by atoms with Crippen LogP contribution >= 0.6 is 0 Å². The van der Waals surface area contributed by atoms with Crippen molar-refractivity contribution in [3.05, 3.63) is 72.3 Å². The minimum Gasteiger partial charge on any atom is -0.457 e. The second kappa shape index (κ2) is 15.1. The van der Waals surface area contributed by atoms with Gasteiger partial charge < -0.3 is 25.0 Å². The van der Waals surface area contributed by atoms with Crippen LogP contribution in [-0.2, 0) is 9.53 Å². The predicted octanol–water partition coefficient (Wildman–Crippen LogP) is 6.73. The first-order valence-corrected chi connectivity index (χ1v) is 18.3. The summed E-state index contributed by atoms with van der Waals surface area (Å²) in [5.74, 6) is 0.124. The summed E-state index contributed by atoms with van der Waals surface area (Å²) in [5, 5.41) is 15.5. The van der Waals surface area contributed by atoms with Crippen LogP contribution in [0, 0.1) is 17.1 Å². The van der Waals surface area contributed by atoms with Crippen LogP contribution in [0.25, 0.3) is 22.3 Å². The van der Waals surface area contributed by atoms with Crippen molar-refractivity contribution >= 4 is 28.9 Å². The monoisotopic (exact) mass is 737 g/mol. The van der Waals surface area contributed by atoms with E-state index < -0.39 is 17.0 Å². The Kier molecular flexibility index (Phi) is 10.6. The van der Waals surface area contributed by atoms with Gasteiger partial charge in [-0.05, 0) is 91.6 Å². The Morgan fingerprint density at radius 2 is 1.70 bits per heavy atom. The lowest BCUT2D eigenvalue weighted by molar-refractivity contribution is -0.128. The van der Waals surface area contributed by atoms with Gasteiger partial charge in [-0.1, -0.05) is 18.2 Å². The fourth-order valence-electron chi connectivity index (χ4n) is 7.38. The number of anilines is 1. The highest BCUT2D eigenvalue weighted by atomic mass is 19.1. The van der Waals surface area contributed by atoms with Crippen molar-refractivity contribution in [2.24, 2.45) is 0 Å². The molecule has 2 aromatic carbocycles. The minimum absolute atomic E-state index is 0.0352. The maximum absolute atomic E-state index is 15.7. The summed E-state index contributed by atoms with van der Waals surface area (Å²) in [4.78, 5) is 41.3. The molecule has 1 unspecified atom stereocenters. The zero-order valence-electron chi connectivity index (χ0n) is 31.9. The number of rotatable bonds is 7. The van der Waals surface area contributed by atoms with E-state index >= 15 is 4.39 Å². The highest BCUT2D eigenvalue weighted by Crippen LogP contribution is 2.37. The smallest absolute Gasteiger partial charge is 0.410 e. The molecule has 284 valence electrons. The maximum Gasteiger partial charge on any atom is 0.410 e. The molecule has 2 saturated heterocycles. The van der Waals surface area contributed by atoms with Crippen LogP contribution in [0.4, 0.5) is 15.0 Å². The van der Waals surface area contributed by atoms with Crippen molar-refractivity contribution in [3.8, 4) is 28.8 Å². The zero-order valence-corrected chi connectivity index (χ0v) is 31.9. The van der Waals surface area contributed by atoms with Crippen molar-refractivity contribution in [2.45, 2.75) is 90.6 Å². The second-order valence-electron chi connectivity index (χ2n) is 15.7. The number of fused-ring (bicyclic) bond motifs is 1. The number of hydrogen-bond donors (Lipinski definition) is 1. The molecular weight excluding hydrogens is 689 g/mol. The molecule has 0 saturated carbocycles. The number of halogens is 1. The number of carbonyl (C=O) groups is 2. The molecule has 13 nitrogen and oxygen atoms in total. The van der Waals surface area contributed by atoms with Gasteiger partial charge in [-0.25, -0.2) is 23.8 Å². The molecule has 0 spiro atoms. The van der Waals surface area contributed by atoms with E-state index in [1.54, 1.807) is 44.8 Å². The number of amides is 2. The highest BCUT2D eigenvalue weighted by Gasteiger charge is 2.40. The van der Waals surface area contributed by atoms with Crippen LogP contribution in [-0.4, -0.2) is 95.9 Å². The van der Waals surface area contributed by atoms with Crippen LogP contribution < -0.4 is 10.5 Å². The zero-order chi connectivity index (χ0) is 38.9. The summed E-state index contributed by atoms with van der Waals surface area (Å²) in [7, 11) is 0. The summed E-state index contributed by atoms with van der Waals surface area (Å²) in [6, 6.07) is 15.2.